The van der Waals surface area contributed by atoms with Gasteiger partial charge in [0.25, 0.3) is 5.56 Å². The zero-order valence-electron chi connectivity index (χ0n) is 15.6. The maximum Gasteiger partial charge on any atom is 0.342 e. The first-order valence-corrected chi connectivity index (χ1v) is 9.59. The number of aromatic nitrogens is 5. The second-order valence-corrected chi connectivity index (χ2v) is 7.11. The Morgan fingerprint density at radius 1 is 1.19 bits per heavy atom. The number of carboxylic acids is 1. The quantitative estimate of drug-likeness (QED) is 0.453. The van der Waals surface area contributed by atoms with E-state index in [0.29, 0.717) is 32.6 Å². The van der Waals surface area contributed by atoms with Gasteiger partial charge in [0, 0.05) is 27.4 Å². The lowest BCUT2D eigenvalue weighted by Crippen LogP contribution is -2.18. The standard InChI is InChI=1S/C20H13Cl2N5O4/c21-14-2-1-3-15(22)13(14)10-31-17-5-4-11(8-16(17)27-7-6-24-26-27)18-23-9-12(20(29)30)19(28)25-18/h1-9H,10H2,(H,29,30)(H,23,25,28). The summed E-state index contributed by atoms with van der Waals surface area (Å²) in [6.45, 7) is 0.113. The first-order chi connectivity index (χ1) is 14.9. The minimum atomic E-state index is -1.36. The number of H-pyrrole nitrogens is 1. The average molecular weight is 458 g/mol. The van der Waals surface area contributed by atoms with Gasteiger partial charge in [-0.15, -0.1) is 5.10 Å². The van der Waals surface area contributed by atoms with Crippen LogP contribution in [0.15, 0.2) is 59.8 Å². The molecule has 0 aliphatic heterocycles. The molecule has 0 radical (unpaired) electrons. The van der Waals surface area contributed by atoms with Crippen molar-refractivity contribution in [1.29, 1.82) is 0 Å². The lowest BCUT2D eigenvalue weighted by Gasteiger charge is -2.14. The molecule has 4 aromatic rings. The zero-order valence-corrected chi connectivity index (χ0v) is 17.1. The largest absolute Gasteiger partial charge is 0.487 e. The normalized spacial score (nSPS) is 10.8. The van der Waals surface area contributed by atoms with Crippen LogP contribution in [0.3, 0.4) is 0 Å². The molecule has 0 amide bonds. The van der Waals surface area contributed by atoms with Gasteiger partial charge in [-0.25, -0.2) is 14.5 Å². The number of halogens is 2. The van der Waals surface area contributed by atoms with E-state index in [4.69, 9.17) is 33.0 Å². The minimum Gasteiger partial charge on any atom is -0.487 e. The van der Waals surface area contributed by atoms with Crippen LogP contribution in [0, 0.1) is 0 Å². The van der Waals surface area contributed by atoms with Crippen molar-refractivity contribution in [1.82, 2.24) is 25.0 Å². The van der Waals surface area contributed by atoms with E-state index in [0.717, 1.165) is 6.20 Å². The van der Waals surface area contributed by atoms with Crippen molar-refractivity contribution < 1.29 is 14.6 Å². The van der Waals surface area contributed by atoms with E-state index in [1.165, 1.54) is 10.9 Å². The Bertz CT molecular complexity index is 1300. The summed E-state index contributed by atoms with van der Waals surface area (Å²) in [7, 11) is 0. The van der Waals surface area contributed by atoms with E-state index in [2.05, 4.69) is 20.3 Å². The average Bonchev–Trinajstić information content (AvgIpc) is 3.28. The van der Waals surface area contributed by atoms with Crippen molar-refractivity contribution in [3.8, 4) is 22.8 Å². The number of benzene rings is 2. The molecule has 0 saturated heterocycles. The first-order valence-electron chi connectivity index (χ1n) is 8.83. The van der Waals surface area contributed by atoms with Gasteiger partial charge in [-0.2, -0.15) is 0 Å². The van der Waals surface area contributed by atoms with Gasteiger partial charge in [-0.1, -0.05) is 34.5 Å². The predicted octanol–water partition coefficient (Wildman–Crippen LogP) is 3.60. The molecular weight excluding hydrogens is 445 g/mol. The SMILES string of the molecule is O=C(O)c1cnc(-c2ccc(OCc3c(Cl)cccc3Cl)c(-n3ccnn3)c2)[nH]c1=O. The highest BCUT2D eigenvalue weighted by Crippen LogP contribution is 2.30. The number of nitrogens with zero attached hydrogens (tertiary/aromatic N) is 4. The highest BCUT2D eigenvalue weighted by molar-refractivity contribution is 6.35. The van der Waals surface area contributed by atoms with Gasteiger partial charge in [0.2, 0.25) is 0 Å². The first kappa shape index (κ1) is 20.6. The van der Waals surface area contributed by atoms with Crippen molar-refractivity contribution in [3.05, 3.63) is 86.5 Å². The van der Waals surface area contributed by atoms with Gasteiger partial charge in [0.1, 0.15) is 29.4 Å². The third-order valence-corrected chi connectivity index (χ3v) is 5.07. The number of ether oxygens (including phenoxy) is 1. The molecule has 0 fully saturated rings. The molecule has 0 unspecified atom stereocenters. The Kier molecular flexibility index (Phi) is 5.70. The Balaban J connectivity index is 1.72. The summed E-state index contributed by atoms with van der Waals surface area (Å²) in [4.78, 5) is 29.6. The molecule has 0 spiro atoms. The molecular formula is C20H13Cl2N5O4. The molecule has 0 aliphatic rings. The number of hydrogen-bond donors (Lipinski definition) is 2. The molecule has 156 valence electrons. The topological polar surface area (TPSA) is 123 Å². The van der Waals surface area contributed by atoms with Crippen LogP contribution in [0.5, 0.6) is 5.75 Å². The number of nitrogens with one attached hydrogen (secondary N) is 1. The van der Waals surface area contributed by atoms with Crippen molar-refractivity contribution in [2.75, 3.05) is 0 Å². The lowest BCUT2D eigenvalue weighted by molar-refractivity contribution is 0.0694. The molecule has 0 aliphatic carbocycles. The summed E-state index contributed by atoms with van der Waals surface area (Å²) in [6.07, 6.45) is 4.14. The third kappa shape index (κ3) is 4.27. The molecule has 0 atom stereocenters. The predicted molar refractivity (Wildman–Crippen MR) is 113 cm³/mol. The Labute approximate surface area is 184 Å². The number of carboxylic acid groups (broad SMARTS) is 1. The third-order valence-electron chi connectivity index (χ3n) is 4.37. The molecule has 31 heavy (non-hydrogen) atoms. The summed E-state index contributed by atoms with van der Waals surface area (Å²) in [5, 5.41) is 17.8. The fourth-order valence-electron chi connectivity index (χ4n) is 2.82. The summed E-state index contributed by atoms with van der Waals surface area (Å²) < 4.78 is 7.43. The Morgan fingerprint density at radius 3 is 2.61 bits per heavy atom. The molecule has 4 rings (SSSR count). The number of rotatable bonds is 6. The van der Waals surface area contributed by atoms with Gasteiger partial charge in [0.05, 0.1) is 12.4 Å². The smallest absolute Gasteiger partial charge is 0.342 e. The van der Waals surface area contributed by atoms with Crippen LogP contribution in [-0.4, -0.2) is 36.0 Å². The monoisotopic (exact) mass is 457 g/mol. The van der Waals surface area contributed by atoms with Crippen LogP contribution < -0.4 is 10.3 Å². The molecule has 0 saturated carbocycles. The van der Waals surface area contributed by atoms with Gasteiger partial charge in [0.15, 0.2) is 0 Å². The maximum atomic E-state index is 12.0. The maximum absolute atomic E-state index is 12.0. The minimum absolute atomic E-state index is 0.113. The number of aromatic carboxylic acids is 1. The van der Waals surface area contributed by atoms with Crippen molar-refractivity contribution in [3.63, 3.8) is 0 Å². The van der Waals surface area contributed by atoms with E-state index in [1.54, 1.807) is 42.6 Å². The second kappa shape index (κ2) is 8.58. The van der Waals surface area contributed by atoms with Gasteiger partial charge in [-0.3, -0.25) is 4.79 Å². The van der Waals surface area contributed by atoms with Crippen LogP contribution in [-0.2, 0) is 6.61 Å². The molecule has 0 bridgehead atoms. The van der Waals surface area contributed by atoms with E-state index in [1.807, 2.05) is 0 Å². The number of aromatic amines is 1. The van der Waals surface area contributed by atoms with Crippen LogP contribution in [0.4, 0.5) is 0 Å². The van der Waals surface area contributed by atoms with E-state index < -0.39 is 17.1 Å². The van der Waals surface area contributed by atoms with Crippen LogP contribution in [0.25, 0.3) is 17.1 Å². The second-order valence-electron chi connectivity index (χ2n) is 6.30. The molecule has 11 heteroatoms. The zero-order chi connectivity index (χ0) is 22.0. The summed E-state index contributed by atoms with van der Waals surface area (Å²) in [5.74, 6) is -0.711. The lowest BCUT2D eigenvalue weighted by atomic mass is 10.1. The van der Waals surface area contributed by atoms with Crippen molar-refractivity contribution in [2.45, 2.75) is 6.61 Å². The summed E-state index contributed by atoms with van der Waals surface area (Å²) >= 11 is 12.4. The van der Waals surface area contributed by atoms with E-state index in [9.17, 15) is 9.59 Å². The Morgan fingerprint density at radius 2 is 1.97 bits per heavy atom. The van der Waals surface area contributed by atoms with Crippen LogP contribution in [0.1, 0.15) is 15.9 Å². The molecule has 2 aromatic heterocycles. The highest BCUT2D eigenvalue weighted by atomic mass is 35.5. The summed E-state index contributed by atoms with van der Waals surface area (Å²) in [6, 6.07) is 10.2. The fraction of sp³-hybridized carbons (Fsp3) is 0.0500. The van der Waals surface area contributed by atoms with Gasteiger partial charge < -0.3 is 14.8 Å². The van der Waals surface area contributed by atoms with Gasteiger partial charge in [-0.05, 0) is 30.3 Å². The fourth-order valence-corrected chi connectivity index (χ4v) is 3.32. The van der Waals surface area contributed by atoms with E-state index in [-0.39, 0.29) is 12.4 Å². The molecule has 2 heterocycles. The highest BCUT2D eigenvalue weighted by Gasteiger charge is 2.15. The number of carbonyl (C=O) groups is 1. The molecule has 2 aromatic carbocycles. The molecule has 2 N–H and O–H groups in total. The Hall–Kier alpha value is -3.69. The number of hydrogen-bond acceptors (Lipinski definition) is 6. The van der Waals surface area contributed by atoms with Crippen molar-refractivity contribution >= 4 is 29.2 Å². The summed E-state index contributed by atoms with van der Waals surface area (Å²) in [5.41, 5.74) is 0.464. The van der Waals surface area contributed by atoms with Crippen LogP contribution >= 0.6 is 23.2 Å². The molecule has 9 nitrogen and oxygen atoms in total. The van der Waals surface area contributed by atoms with Gasteiger partial charge >= 0.3 is 5.97 Å². The van der Waals surface area contributed by atoms with Crippen LogP contribution in [0.2, 0.25) is 10.0 Å². The van der Waals surface area contributed by atoms with Crippen molar-refractivity contribution in [2.24, 2.45) is 0 Å². The van der Waals surface area contributed by atoms with E-state index >= 15 is 0 Å².